The summed E-state index contributed by atoms with van der Waals surface area (Å²) >= 11 is 0. The Bertz CT molecular complexity index is 749. The fourth-order valence-corrected chi connectivity index (χ4v) is 2.76. The molecular weight excluding hydrogens is 333 g/mol. The maximum Gasteiger partial charge on any atom is 0.451 e. The third-order valence-corrected chi connectivity index (χ3v) is 3.86. The second-order valence-electron chi connectivity index (χ2n) is 6.26. The SMILES string of the molecule is CC(C)Oc1ncccc1CN1CCc2nc(C(F)(F)F)ncc2C1. The van der Waals surface area contributed by atoms with Crippen molar-refractivity contribution in [2.24, 2.45) is 0 Å². The Balaban J connectivity index is 1.74. The largest absolute Gasteiger partial charge is 0.475 e. The van der Waals surface area contributed by atoms with Gasteiger partial charge in [-0.2, -0.15) is 13.2 Å². The zero-order valence-electron chi connectivity index (χ0n) is 14.0. The summed E-state index contributed by atoms with van der Waals surface area (Å²) in [6, 6.07) is 3.79. The monoisotopic (exact) mass is 352 g/mol. The van der Waals surface area contributed by atoms with Crippen molar-refractivity contribution in [2.45, 2.75) is 45.6 Å². The third-order valence-electron chi connectivity index (χ3n) is 3.86. The average Bonchev–Trinajstić information content (AvgIpc) is 2.55. The minimum absolute atomic E-state index is 0.0184. The second-order valence-corrected chi connectivity index (χ2v) is 6.26. The van der Waals surface area contributed by atoms with E-state index in [0.29, 0.717) is 37.6 Å². The Morgan fingerprint density at radius 3 is 2.80 bits per heavy atom. The average molecular weight is 352 g/mol. The number of hydrogen-bond donors (Lipinski definition) is 0. The smallest absolute Gasteiger partial charge is 0.451 e. The Labute approximate surface area is 143 Å². The maximum absolute atomic E-state index is 12.7. The molecule has 3 heterocycles. The van der Waals surface area contributed by atoms with Gasteiger partial charge in [0.1, 0.15) is 0 Å². The van der Waals surface area contributed by atoms with E-state index < -0.39 is 12.0 Å². The van der Waals surface area contributed by atoms with Crippen LogP contribution in [0.1, 0.15) is 36.5 Å². The van der Waals surface area contributed by atoms with Crippen molar-refractivity contribution in [3.05, 3.63) is 47.2 Å². The van der Waals surface area contributed by atoms with Crippen molar-refractivity contribution in [3.8, 4) is 5.88 Å². The highest BCUT2D eigenvalue weighted by Crippen LogP contribution is 2.28. The normalized spacial score (nSPS) is 15.3. The molecule has 0 aromatic carbocycles. The Morgan fingerprint density at radius 1 is 1.28 bits per heavy atom. The van der Waals surface area contributed by atoms with Crippen molar-refractivity contribution in [1.29, 1.82) is 0 Å². The van der Waals surface area contributed by atoms with E-state index in [4.69, 9.17) is 4.74 Å². The molecule has 8 heteroatoms. The predicted molar refractivity (Wildman–Crippen MR) is 84.9 cm³/mol. The number of halogens is 3. The van der Waals surface area contributed by atoms with Crippen LogP contribution in [0, 0.1) is 0 Å². The molecule has 0 unspecified atom stereocenters. The molecule has 3 rings (SSSR count). The first-order chi connectivity index (χ1) is 11.8. The van der Waals surface area contributed by atoms with Gasteiger partial charge in [-0.15, -0.1) is 0 Å². The van der Waals surface area contributed by atoms with E-state index in [1.807, 2.05) is 26.0 Å². The molecule has 0 radical (unpaired) electrons. The lowest BCUT2D eigenvalue weighted by atomic mass is 10.1. The van der Waals surface area contributed by atoms with E-state index in [9.17, 15) is 13.2 Å². The van der Waals surface area contributed by atoms with Crippen LogP contribution >= 0.6 is 0 Å². The molecule has 2 aromatic heterocycles. The minimum Gasteiger partial charge on any atom is -0.475 e. The van der Waals surface area contributed by atoms with Crippen molar-refractivity contribution in [3.63, 3.8) is 0 Å². The summed E-state index contributed by atoms with van der Waals surface area (Å²) in [4.78, 5) is 13.5. The Hall–Kier alpha value is -2.22. The highest BCUT2D eigenvalue weighted by molar-refractivity contribution is 5.27. The molecule has 0 saturated carbocycles. The molecule has 0 bridgehead atoms. The summed E-state index contributed by atoms with van der Waals surface area (Å²) in [6.45, 7) is 5.60. The van der Waals surface area contributed by atoms with Gasteiger partial charge >= 0.3 is 6.18 Å². The third kappa shape index (κ3) is 4.25. The second kappa shape index (κ2) is 6.95. The van der Waals surface area contributed by atoms with E-state index in [-0.39, 0.29) is 6.10 Å². The molecule has 0 fully saturated rings. The Kier molecular flexibility index (Phi) is 4.89. The number of nitrogens with zero attached hydrogens (tertiary/aromatic N) is 4. The van der Waals surface area contributed by atoms with Crippen LogP contribution in [-0.2, 0) is 25.7 Å². The standard InChI is InChI=1S/C17H19F3N4O/c1-11(2)25-15-12(4-3-6-21-15)9-24-7-5-14-13(10-24)8-22-16(23-14)17(18,19)20/h3-4,6,8,11H,5,7,9-10H2,1-2H3. The fourth-order valence-electron chi connectivity index (χ4n) is 2.76. The van der Waals surface area contributed by atoms with Crippen LogP contribution in [0.3, 0.4) is 0 Å². The molecule has 0 N–H and O–H groups in total. The molecule has 0 aliphatic carbocycles. The van der Waals surface area contributed by atoms with E-state index >= 15 is 0 Å². The summed E-state index contributed by atoms with van der Waals surface area (Å²) in [6.07, 6.45) is -1.07. The summed E-state index contributed by atoms with van der Waals surface area (Å²) in [5, 5.41) is 0. The molecule has 0 spiro atoms. The van der Waals surface area contributed by atoms with Gasteiger partial charge in [0.25, 0.3) is 0 Å². The highest BCUT2D eigenvalue weighted by Gasteiger charge is 2.35. The zero-order chi connectivity index (χ0) is 18.0. The maximum atomic E-state index is 12.7. The highest BCUT2D eigenvalue weighted by atomic mass is 19.4. The molecule has 1 aliphatic heterocycles. The first kappa shape index (κ1) is 17.6. The van der Waals surface area contributed by atoms with Crippen LogP contribution in [0.4, 0.5) is 13.2 Å². The summed E-state index contributed by atoms with van der Waals surface area (Å²) < 4.78 is 43.9. The van der Waals surface area contributed by atoms with Gasteiger partial charge in [-0.3, -0.25) is 4.90 Å². The summed E-state index contributed by atoms with van der Waals surface area (Å²) in [5.74, 6) is -0.480. The molecule has 25 heavy (non-hydrogen) atoms. The molecule has 2 aromatic rings. The van der Waals surface area contributed by atoms with Gasteiger partial charge in [-0.1, -0.05) is 6.07 Å². The van der Waals surface area contributed by atoms with Crippen molar-refractivity contribution in [2.75, 3.05) is 6.54 Å². The molecule has 5 nitrogen and oxygen atoms in total. The lowest BCUT2D eigenvalue weighted by molar-refractivity contribution is -0.145. The van der Waals surface area contributed by atoms with Gasteiger partial charge in [-0.05, 0) is 19.9 Å². The molecule has 1 aliphatic rings. The van der Waals surface area contributed by atoms with E-state index in [1.54, 1.807) is 6.20 Å². The van der Waals surface area contributed by atoms with Gasteiger partial charge in [0, 0.05) is 49.6 Å². The van der Waals surface area contributed by atoms with Crippen LogP contribution in [0.5, 0.6) is 5.88 Å². The van der Waals surface area contributed by atoms with Crippen LogP contribution in [-0.4, -0.2) is 32.5 Å². The number of hydrogen-bond acceptors (Lipinski definition) is 5. The van der Waals surface area contributed by atoms with E-state index in [1.165, 1.54) is 6.20 Å². The fraction of sp³-hybridized carbons (Fsp3) is 0.471. The van der Waals surface area contributed by atoms with Gasteiger partial charge in [0.05, 0.1) is 11.8 Å². The number of alkyl halides is 3. The first-order valence-corrected chi connectivity index (χ1v) is 8.08. The van der Waals surface area contributed by atoms with Gasteiger partial charge < -0.3 is 4.74 Å². The number of ether oxygens (including phenoxy) is 1. The lowest BCUT2D eigenvalue weighted by Crippen LogP contribution is -2.32. The number of pyridine rings is 1. The van der Waals surface area contributed by atoms with E-state index in [2.05, 4.69) is 19.9 Å². The number of fused-ring (bicyclic) bond motifs is 1. The van der Waals surface area contributed by atoms with Gasteiger partial charge in [-0.25, -0.2) is 15.0 Å². The van der Waals surface area contributed by atoms with Gasteiger partial charge in [0.2, 0.25) is 11.7 Å². The van der Waals surface area contributed by atoms with Crippen molar-refractivity contribution < 1.29 is 17.9 Å². The summed E-state index contributed by atoms with van der Waals surface area (Å²) in [7, 11) is 0. The number of rotatable bonds is 4. The van der Waals surface area contributed by atoms with Gasteiger partial charge in [0.15, 0.2) is 0 Å². The van der Waals surface area contributed by atoms with Crippen LogP contribution < -0.4 is 4.74 Å². The lowest BCUT2D eigenvalue weighted by Gasteiger charge is -2.28. The molecular formula is C17H19F3N4O. The van der Waals surface area contributed by atoms with Crippen LogP contribution in [0.15, 0.2) is 24.5 Å². The minimum atomic E-state index is -4.51. The predicted octanol–water partition coefficient (Wildman–Crippen LogP) is 3.24. The molecule has 134 valence electrons. The quantitative estimate of drug-likeness (QED) is 0.846. The molecule has 0 atom stereocenters. The van der Waals surface area contributed by atoms with Crippen LogP contribution in [0.25, 0.3) is 0 Å². The van der Waals surface area contributed by atoms with E-state index in [0.717, 1.165) is 11.1 Å². The number of aromatic nitrogens is 3. The topological polar surface area (TPSA) is 51.1 Å². The first-order valence-electron chi connectivity index (χ1n) is 8.08. The summed E-state index contributed by atoms with van der Waals surface area (Å²) in [5.41, 5.74) is 2.16. The van der Waals surface area contributed by atoms with Crippen molar-refractivity contribution in [1.82, 2.24) is 19.9 Å². The molecule has 0 amide bonds. The van der Waals surface area contributed by atoms with Crippen LogP contribution in [0.2, 0.25) is 0 Å². The molecule has 0 saturated heterocycles. The van der Waals surface area contributed by atoms with Crippen molar-refractivity contribution >= 4 is 0 Å². The Morgan fingerprint density at radius 2 is 2.08 bits per heavy atom. The zero-order valence-corrected chi connectivity index (χ0v) is 14.0.